The lowest BCUT2D eigenvalue weighted by Gasteiger charge is -2.42. The minimum Gasteiger partial charge on any atom is -0.342 e. The van der Waals surface area contributed by atoms with Crippen molar-refractivity contribution in [1.29, 1.82) is 0 Å². The molecule has 0 bridgehead atoms. The maximum absolute atomic E-state index is 6.64. The van der Waals surface area contributed by atoms with E-state index in [2.05, 4.69) is 14.3 Å². The predicted octanol–water partition coefficient (Wildman–Crippen LogP) is 4.30. The van der Waals surface area contributed by atoms with Crippen molar-refractivity contribution in [3.8, 4) is 0 Å². The molecular formula is C22H27Cl2N5. The van der Waals surface area contributed by atoms with Gasteiger partial charge >= 0.3 is 0 Å². The maximum Gasteiger partial charge on any atom is 0.211 e. The van der Waals surface area contributed by atoms with Crippen molar-refractivity contribution in [1.82, 2.24) is 14.4 Å². The van der Waals surface area contributed by atoms with Crippen LogP contribution in [0.3, 0.4) is 0 Å². The zero-order valence-corrected chi connectivity index (χ0v) is 18.2. The summed E-state index contributed by atoms with van der Waals surface area (Å²) in [5, 5.41) is -0.535. The van der Waals surface area contributed by atoms with Crippen molar-refractivity contribution in [2.45, 2.75) is 55.8 Å². The number of piperidine rings is 1. The first-order chi connectivity index (χ1) is 14.0. The van der Waals surface area contributed by atoms with Crippen molar-refractivity contribution in [2.24, 2.45) is 11.1 Å². The summed E-state index contributed by atoms with van der Waals surface area (Å²) in [6.07, 6.45) is 15.7. The van der Waals surface area contributed by atoms with Crippen LogP contribution in [0, 0.1) is 12.3 Å². The number of anilines is 1. The van der Waals surface area contributed by atoms with Crippen LogP contribution < -0.4 is 10.6 Å². The predicted molar refractivity (Wildman–Crippen MR) is 120 cm³/mol. The molecule has 2 N–H and O–H groups in total. The number of halogens is 2. The third-order valence-corrected chi connectivity index (χ3v) is 8.20. The van der Waals surface area contributed by atoms with Gasteiger partial charge in [-0.05, 0) is 43.6 Å². The molecule has 154 valence electrons. The SMILES string of the molecule is Cc1nc(N2CCC3(CCC[C@H]3N)CC2)n2ccnc2c1C1=CC=CC(Cl)C1Cl. The van der Waals surface area contributed by atoms with Crippen LogP contribution in [0.25, 0.3) is 11.2 Å². The van der Waals surface area contributed by atoms with Crippen LogP contribution in [0.15, 0.2) is 30.6 Å². The van der Waals surface area contributed by atoms with Crippen LogP contribution in [-0.2, 0) is 0 Å². The molecule has 1 spiro atoms. The number of hydrogen-bond donors (Lipinski definition) is 1. The third kappa shape index (κ3) is 3.09. The largest absolute Gasteiger partial charge is 0.342 e. The molecule has 2 aromatic heterocycles. The first-order valence-corrected chi connectivity index (χ1v) is 11.4. The summed E-state index contributed by atoms with van der Waals surface area (Å²) >= 11 is 13.0. The first kappa shape index (κ1) is 19.4. The van der Waals surface area contributed by atoms with Crippen LogP contribution in [0.2, 0.25) is 0 Å². The Morgan fingerprint density at radius 2 is 2.00 bits per heavy atom. The van der Waals surface area contributed by atoms with Gasteiger partial charge in [0.05, 0.1) is 16.4 Å². The van der Waals surface area contributed by atoms with Gasteiger partial charge < -0.3 is 10.6 Å². The normalized spacial score (nSPS) is 29.0. The van der Waals surface area contributed by atoms with E-state index in [9.17, 15) is 0 Å². The Hall–Kier alpha value is -1.56. The molecule has 2 aromatic rings. The molecule has 2 unspecified atom stereocenters. The van der Waals surface area contributed by atoms with Gasteiger partial charge in [0.1, 0.15) is 5.65 Å². The van der Waals surface area contributed by atoms with Gasteiger partial charge in [0.25, 0.3) is 0 Å². The van der Waals surface area contributed by atoms with Crippen LogP contribution in [0.4, 0.5) is 5.95 Å². The fourth-order valence-corrected chi connectivity index (χ4v) is 5.90. The zero-order valence-electron chi connectivity index (χ0n) is 16.7. The van der Waals surface area contributed by atoms with Crippen LogP contribution in [0.1, 0.15) is 43.4 Å². The van der Waals surface area contributed by atoms with Crippen LogP contribution >= 0.6 is 23.2 Å². The Bertz CT molecular complexity index is 986. The number of rotatable bonds is 2. The number of alkyl halides is 2. The summed E-state index contributed by atoms with van der Waals surface area (Å²) in [7, 11) is 0. The summed E-state index contributed by atoms with van der Waals surface area (Å²) < 4.78 is 2.10. The highest BCUT2D eigenvalue weighted by Gasteiger charge is 2.43. The number of imidazole rings is 1. The molecule has 2 fully saturated rings. The van der Waals surface area contributed by atoms with Gasteiger partial charge in [0, 0.05) is 37.1 Å². The van der Waals surface area contributed by atoms with Gasteiger partial charge in [-0.25, -0.2) is 9.97 Å². The number of nitrogens with two attached hydrogens (primary N) is 1. The second-order valence-corrected chi connectivity index (χ2v) is 9.67. The summed E-state index contributed by atoms with van der Waals surface area (Å²) in [5.74, 6) is 0.959. The van der Waals surface area contributed by atoms with E-state index in [1.165, 1.54) is 19.3 Å². The third-order valence-electron chi connectivity index (χ3n) is 7.16. The molecule has 1 aliphatic heterocycles. The molecule has 2 aliphatic carbocycles. The van der Waals surface area contributed by atoms with Crippen molar-refractivity contribution < 1.29 is 0 Å². The molecule has 3 aliphatic rings. The van der Waals surface area contributed by atoms with Gasteiger partial charge in [-0.2, -0.15) is 0 Å². The topological polar surface area (TPSA) is 59.5 Å². The Morgan fingerprint density at radius 3 is 2.72 bits per heavy atom. The standard InChI is InChI=1S/C22H27Cl2N5/c1-14-18(15-4-2-5-16(23)19(15)24)20-26-10-13-29(20)21(27-14)28-11-8-22(9-12-28)7-3-6-17(22)25/h2,4-5,10,13,16-17,19H,3,6-9,11-12,25H2,1H3/t16?,17-,19?/m1/s1. The Labute approximate surface area is 181 Å². The fourth-order valence-electron chi connectivity index (χ4n) is 5.42. The number of aromatic nitrogens is 3. The van der Waals surface area contributed by atoms with E-state index in [0.717, 1.165) is 54.4 Å². The van der Waals surface area contributed by atoms with Crippen molar-refractivity contribution >= 4 is 40.4 Å². The molecule has 5 rings (SSSR count). The van der Waals surface area contributed by atoms with E-state index in [0.29, 0.717) is 11.5 Å². The van der Waals surface area contributed by atoms with Gasteiger partial charge in [-0.1, -0.05) is 24.6 Å². The van der Waals surface area contributed by atoms with Crippen molar-refractivity contribution in [3.05, 3.63) is 41.9 Å². The zero-order chi connectivity index (χ0) is 20.2. The lowest BCUT2D eigenvalue weighted by Crippen LogP contribution is -2.47. The molecule has 1 saturated carbocycles. The molecule has 0 amide bonds. The van der Waals surface area contributed by atoms with E-state index in [1.807, 2.05) is 37.5 Å². The van der Waals surface area contributed by atoms with Gasteiger partial charge in [-0.15, -0.1) is 23.2 Å². The second-order valence-electron chi connectivity index (χ2n) is 8.69. The number of allylic oxidation sites excluding steroid dienone is 4. The Kier molecular flexibility index (Phi) is 4.88. The molecule has 5 nitrogen and oxygen atoms in total. The lowest BCUT2D eigenvalue weighted by atomic mass is 9.74. The second kappa shape index (κ2) is 7.29. The van der Waals surface area contributed by atoms with Crippen LogP contribution in [0.5, 0.6) is 0 Å². The highest BCUT2D eigenvalue weighted by atomic mass is 35.5. The molecule has 1 saturated heterocycles. The summed E-state index contributed by atoms with van der Waals surface area (Å²) in [4.78, 5) is 12.1. The Balaban J connectivity index is 1.51. The number of nitrogens with zero attached hydrogens (tertiary/aromatic N) is 4. The van der Waals surface area contributed by atoms with Gasteiger partial charge in [0.15, 0.2) is 0 Å². The highest BCUT2D eigenvalue weighted by molar-refractivity contribution is 6.35. The highest BCUT2D eigenvalue weighted by Crippen LogP contribution is 2.46. The molecule has 29 heavy (non-hydrogen) atoms. The quantitative estimate of drug-likeness (QED) is 0.719. The molecule has 7 heteroatoms. The number of fused-ring (bicyclic) bond motifs is 1. The van der Waals surface area contributed by atoms with Gasteiger partial charge in [-0.3, -0.25) is 4.40 Å². The average molecular weight is 432 g/mol. The average Bonchev–Trinajstić information content (AvgIpc) is 3.33. The summed E-state index contributed by atoms with van der Waals surface area (Å²) in [6.45, 7) is 4.01. The molecule has 3 heterocycles. The number of hydrogen-bond acceptors (Lipinski definition) is 4. The molecule has 0 radical (unpaired) electrons. The van der Waals surface area contributed by atoms with Crippen molar-refractivity contribution in [3.63, 3.8) is 0 Å². The first-order valence-electron chi connectivity index (χ1n) is 10.5. The van der Waals surface area contributed by atoms with E-state index < -0.39 is 0 Å². The molecule has 0 aromatic carbocycles. The van der Waals surface area contributed by atoms with Crippen molar-refractivity contribution in [2.75, 3.05) is 18.0 Å². The van der Waals surface area contributed by atoms with E-state index >= 15 is 0 Å². The molecule has 3 atom stereocenters. The van der Waals surface area contributed by atoms with Gasteiger partial charge in [0.2, 0.25) is 5.95 Å². The molecular weight excluding hydrogens is 405 g/mol. The maximum atomic E-state index is 6.64. The monoisotopic (exact) mass is 431 g/mol. The van der Waals surface area contributed by atoms with E-state index in [1.54, 1.807) is 0 Å². The minimum absolute atomic E-state index is 0.236. The smallest absolute Gasteiger partial charge is 0.211 e. The number of aryl methyl sites for hydroxylation is 1. The van der Waals surface area contributed by atoms with E-state index in [4.69, 9.17) is 33.9 Å². The summed E-state index contributed by atoms with van der Waals surface area (Å²) in [6, 6.07) is 0.352. The summed E-state index contributed by atoms with van der Waals surface area (Å²) in [5.41, 5.74) is 10.6. The van der Waals surface area contributed by atoms with Crippen LogP contribution in [-0.4, -0.2) is 44.3 Å². The lowest BCUT2D eigenvalue weighted by molar-refractivity contribution is 0.197. The minimum atomic E-state index is -0.299. The van der Waals surface area contributed by atoms with E-state index in [-0.39, 0.29) is 10.8 Å². The Morgan fingerprint density at radius 1 is 1.21 bits per heavy atom. The fraction of sp³-hybridized carbons (Fsp3) is 0.545.